The number of carboxylic acid groups (broad SMARTS) is 1. The Balaban J connectivity index is 2.64. The highest BCUT2D eigenvalue weighted by molar-refractivity contribution is 5.67. The molecule has 0 saturated carbocycles. The molecule has 4 heteroatoms. The van der Waals surface area contributed by atoms with Gasteiger partial charge in [0.15, 0.2) is 0 Å². The van der Waals surface area contributed by atoms with Gasteiger partial charge in [0.2, 0.25) is 0 Å². The van der Waals surface area contributed by atoms with Crippen LogP contribution in [0.5, 0.6) is 0 Å². The quantitative estimate of drug-likeness (QED) is 0.690. The Labute approximate surface area is 70.6 Å². The van der Waals surface area contributed by atoms with E-state index in [4.69, 9.17) is 10.8 Å². The number of carbonyl (C=O) groups is 1. The van der Waals surface area contributed by atoms with E-state index in [0.29, 0.717) is 0 Å². The van der Waals surface area contributed by atoms with Crippen LogP contribution in [0.15, 0.2) is 18.5 Å². The van der Waals surface area contributed by atoms with Gasteiger partial charge in [0.25, 0.3) is 0 Å². The molecule has 0 aliphatic rings. The van der Waals surface area contributed by atoms with Gasteiger partial charge in [-0.1, -0.05) is 0 Å². The second-order valence-corrected chi connectivity index (χ2v) is 2.81. The van der Waals surface area contributed by atoms with Crippen LogP contribution in [0.1, 0.15) is 18.0 Å². The first kappa shape index (κ1) is 8.80. The lowest BCUT2D eigenvalue weighted by Crippen LogP contribution is -2.14. The minimum absolute atomic E-state index is 0.0238. The van der Waals surface area contributed by atoms with Gasteiger partial charge in [0.1, 0.15) is 0 Å². The van der Waals surface area contributed by atoms with Crippen molar-refractivity contribution in [3.63, 3.8) is 0 Å². The molecule has 12 heavy (non-hydrogen) atoms. The number of aromatic nitrogens is 1. The van der Waals surface area contributed by atoms with E-state index in [1.54, 1.807) is 0 Å². The fourth-order valence-corrected chi connectivity index (χ4v) is 1.05. The molecule has 1 heterocycles. The van der Waals surface area contributed by atoms with Crippen LogP contribution in [0.25, 0.3) is 0 Å². The SMILES string of the molecule is Cn1ccc([C@@H](N)CC(=O)O)c1. The first-order valence-corrected chi connectivity index (χ1v) is 3.69. The van der Waals surface area contributed by atoms with E-state index < -0.39 is 12.0 Å². The van der Waals surface area contributed by atoms with Gasteiger partial charge in [0.05, 0.1) is 6.42 Å². The van der Waals surface area contributed by atoms with E-state index in [1.165, 1.54) is 0 Å². The molecular formula is C8H12N2O2. The third kappa shape index (κ3) is 2.10. The fraction of sp³-hybridized carbons (Fsp3) is 0.375. The van der Waals surface area contributed by atoms with Crippen molar-refractivity contribution in [2.45, 2.75) is 12.5 Å². The number of hydrogen-bond donors (Lipinski definition) is 2. The number of rotatable bonds is 3. The molecule has 0 aromatic carbocycles. The first-order valence-electron chi connectivity index (χ1n) is 3.69. The first-order chi connectivity index (χ1) is 5.59. The predicted molar refractivity (Wildman–Crippen MR) is 44.6 cm³/mol. The topological polar surface area (TPSA) is 68.2 Å². The second-order valence-electron chi connectivity index (χ2n) is 2.81. The Morgan fingerprint density at radius 3 is 2.92 bits per heavy atom. The van der Waals surface area contributed by atoms with Crippen molar-refractivity contribution in [1.29, 1.82) is 0 Å². The number of nitrogens with two attached hydrogens (primary N) is 1. The summed E-state index contributed by atoms with van der Waals surface area (Å²) in [5.74, 6) is -0.869. The molecule has 3 N–H and O–H groups in total. The number of nitrogens with zero attached hydrogens (tertiary/aromatic N) is 1. The molecule has 0 aliphatic heterocycles. The van der Waals surface area contributed by atoms with E-state index >= 15 is 0 Å². The summed E-state index contributed by atoms with van der Waals surface area (Å²) in [7, 11) is 1.87. The van der Waals surface area contributed by atoms with Crippen LogP contribution in [-0.2, 0) is 11.8 Å². The number of carboxylic acids is 1. The zero-order chi connectivity index (χ0) is 9.14. The zero-order valence-electron chi connectivity index (χ0n) is 6.90. The average Bonchev–Trinajstić information content (AvgIpc) is 2.34. The highest BCUT2D eigenvalue weighted by Crippen LogP contribution is 2.13. The zero-order valence-corrected chi connectivity index (χ0v) is 6.90. The molecule has 1 rings (SSSR count). The molecule has 0 amide bonds. The van der Waals surface area contributed by atoms with E-state index in [1.807, 2.05) is 30.1 Å². The van der Waals surface area contributed by atoms with Crippen molar-refractivity contribution in [3.05, 3.63) is 24.0 Å². The van der Waals surface area contributed by atoms with E-state index in [0.717, 1.165) is 5.56 Å². The molecule has 1 aromatic rings. The van der Waals surface area contributed by atoms with Gasteiger partial charge in [0, 0.05) is 25.5 Å². The molecular weight excluding hydrogens is 156 g/mol. The molecule has 4 nitrogen and oxygen atoms in total. The summed E-state index contributed by atoms with van der Waals surface area (Å²) < 4.78 is 1.84. The van der Waals surface area contributed by atoms with Gasteiger partial charge >= 0.3 is 5.97 Å². The average molecular weight is 168 g/mol. The summed E-state index contributed by atoms with van der Waals surface area (Å²) in [5, 5.41) is 8.47. The third-order valence-corrected chi connectivity index (χ3v) is 1.68. The maximum Gasteiger partial charge on any atom is 0.305 e. The minimum Gasteiger partial charge on any atom is -0.481 e. The summed E-state index contributed by atoms with van der Waals surface area (Å²) >= 11 is 0. The Kier molecular flexibility index (Phi) is 2.50. The molecule has 0 radical (unpaired) electrons. The lowest BCUT2D eigenvalue weighted by molar-refractivity contribution is -0.137. The van der Waals surface area contributed by atoms with Crippen LogP contribution in [0.3, 0.4) is 0 Å². The van der Waals surface area contributed by atoms with E-state index in [2.05, 4.69) is 0 Å². The summed E-state index contributed by atoms with van der Waals surface area (Å²) in [6.45, 7) is 0. The molecule has 1 atom stereocenters. The normalized spacial score (nSPS) is 12.8. The van der Waals surface area contributed by atoms with E-state index in [-0.39, 0.29) is 6.42 Å². The molecule has 0 unspecified atom stereocenters. The fourth-order valence-electron chi connectivity index (χ4n) is 1.05. The maximum atomic E-state index is 10.3. The van der Waals surface area contributed by atoms with E-state index in [9.17, 15) is 4.79 Å². The molecule has 1 aromatic heterocycles. The number of aryl methyl sites for hydroxylation is 1. The summed E-state index contributed by atoms with van der Waals surface area (Å²) in [4.78, 5) is 10.3. The summed E-state index contributed by atoms with van der Waals surface area (Å²) in [6.07, 6.45) is 3.65. The van der Waals surface area contributed by atoms with Gasteiger partial charge in [-0.2, -0.15) is 0 Å². The van der Waals surface area contributed by atoms with Gasteiger partial charge in [-0.25, -0.2) is 0 Å². The van der Waals surface area contributed by atoms with Crippen molar-refractivity contribution >= 4 is 5.97 Å². The molecule has 0 spiro atoms. The standard InChI is InChI=1S/C8H12N2O2/c1-10-3-2-6(5-10)7(9)4-8(11)12/h2-3,5,7H,4,9H2,1H3,(H,11,12)/t7-/m0/s1. The monoisotopic (exact) mass is 168 g/mol. The smallest absolute Gasteiger partial charge is 0.305 e. The lowest BCUT2D eigenvalue weighted by atomic mass is 10.1. The van der Waals surface area contributed by atoms with Crippen molar-refractivity contribution in [3.8, 4) is 0 Å². The van der Waals surface area contributed by atoms with Crippen molar-refractivity contribution in [2.75, 3.05) is 0 Å². The van der Waals surface area contributed by atoms with Gasteiger partial charge in [-0.05, 0) is 11.6 Å². The third-order valence-electron chi connectivity index (χ3n) is 1.68. The molecule has 0 bridgehead atoms. The van der Waals surface area contributed by atoms with Crippen LogP contribution in [0, 0.1) is 0 Å². The van der Waals surface area contributed by atoms with Crippen molar-refractivity contribution in [1.82, 2.24) is 4.57 Å². The Hall–Kier alpha value is -1.29. The van der Waals surface area contributed by atoms with Gasteiger partial charge in [-0.15, -0.1) is 0 Å². The summed E-state index contributed by atoms with van der Waals surface area (Å²) in [6, 6.07) is 1.43. The van der Waals surface area contributed by atoms with Crippen molar-refractivity contribution in [2.24, 2.45) is 12.8 Å². The molecule has 66 valence electrons. The minimum atomic E-state index is -0.869. The molecule has 0 fully saturated rings. The van der Waals surface area contributed by atoms with Gasteiger partial charge in [-0.3, -0.25) is 4.79 Å². The second kappa shape index (κ2) is 3.40. The lowest BCUT2D eigenvalue weighted by Gasteiger charge is -2.04. The maximum absolute atomic E-state index is 10.3. The Bertz CT molecular complexity index is 280. The highest BCUT2D eigenvalue weighted by Gasteiger charge is 2.10. The molecule has 0 saturated heterocycles. The molecule has 0 aliphatic carbocycles. The van der Waals surface area contributed by atoms with Crippen molar-refractivity contribution < 1.29 is 9.90 Å². The van der Waals surface area contributed by atoms with Crippen LogP contribution < -0.4 is 5.73 Å². The van der Waals surface area contributed by atoms with Crippen LogP contribution in [0.4, 0.5) is 0 Å². The summed E-state index contributed by atoms with van der Waals surface area (Å²) in [5.41, 5.74) is 6.48. The predicted octanol–water partition coefficient (Wildman–Crippen LogP) is 0.500. The number of aliphatic carboxylic acids is 1. The van der Waals surface area contributed by atoms with Crippen LogP contribution in [0.2, 0.25) is 0 Å². The Morgan fingerprint density at radius 2 is 2.50 bits per heavy atom. The van der Waals surface area contributed by atoms with Crippen LogP contribution >= 0.6 is 0 Å². The number of hydrogen-bond acceptors (Lipinski definition) is 2. The largest absolute Gasteiger partial charge is 0.481 e. The van der Waals surface area contributed by atoms with Crippen LogP contribution in [-0.4, -0.2) is 15.6 Å². The highest BCUT2D eigenvalue weighted by atomic mass is 16.4. The van der Waals surface area contributed by atoms with Gasteiger partial charge < -0.3 is 15.4 Å². The Morgan fingerprint density at radius 1 is 1.83 bits per heavy atom.